The molecule has 5 rings (SSSR count). The molecule has 174 valence electrons. The molecule has 0 radical (unpaired) electrons. The highest BCUT2D eigenvalue weighted by molar-refractivity contribution is 6.32. The van der Waals surface area contributed by atoms with Crippen LogP contribution >= 0.6 is 11.6 Å². The number of nitrogens with zero attached hydrogens (tertiary/aromatic N) is 8. The molecule has 0 aliphatic carbocycles. The Balaban J connectivity index is 1.54. The fourth-order valence-corrected chi connectivity index (χ4v) is 4.03. The molecule has 0 saturated heterocycles. The normalized spacial score (nSPS) is 17.7. The Morgan fingerprint density at radius 2 is 2.06 bits per heavy atom. The van der Waals surface area contributed by atoms with Gasteiger partial charge in [-0.3, -0.25) is 4.90 Å². The number of amides is 2. The number of alkyl halides is 3. The van der Waals surface area contributed by atoms with Crippen LogP contribution in [0.1, 0.15) is 5.69 Å². The van der Waals surface area contributed by atoms with Gasteiger partial charge >= 0.3 is 12.2 Å². The van der Waals surface area contributed by atoms with Crippen molar-refractivity contribution in [3.63, 3.8) is 0 Å². The molecule has 34 heavy (non-hydrogen) atoms. The van der Waals surface area contributed by atoms with Gasteiger partial charge in [0.2, 0.25) is 5.95 Å². The van der Waals surface area contributed by atoms with Crippen molar-refractivity contribution >= 4 is 34.7 Å². The van der Waals surface area contributed by atoms with Gasteiger partial charge in [-0.1, -0.05) is 17.7 Å². The summed E-state index contributed by atoms with van der Waals surface area (Å²) in [6.07, 6.45) is 0.754. The molecule has 0 unspecified atom stereocenters. The number of carbonyl (C=O) groups excluding carboxylic acids is 1. The molecular weight excluding hydrogens is 482 g/mol. The molecule has 0 saturated carbocycles. The second kappa shape index (κ2) is 7.48. The lowest BCUT2D eigenvalue weighted by molar-refractivity contribution is -0.172. The van der Waals surface area contributed by atoms with E-state index in [4.69, 9.17) is 11.6 Å². The van der Waals surface area contributed by atoms with Crippen molar-refractivity contribution in [2.75, 3.05) is 16.8 Å². The van der Waals surface area contributed by atoms with E-state index in [0.717, 1.165) is 21.7 Å². The number of nitrogens with one attached hydrogen (secondary N) is 1. The summed E-state index contributed by atoms with van der Waals surface area (Å²) in [5, 5.41) is 9.99. The number of fused-ring (bicyclic) bond motifs is 3. The van der Waals surface area contributed by atoms with E-state index < -0.39 is 35.8 Å². The minimum Gasteiger partial charge on any atom is -0.306 e. The molecular formula is C19H12ClF4N9O. The Bertz CT molecular complexity index is 1440. The summed E-state index contributed by atoms with van der Waals surface area (Å²) < 4.78 is 58.7. The Hall–Kier alpha value is -4.07. The first-order valence-corrected chi connectivity index (χ1v) is 9.86. The number of urea groups is 1. The molecule has 10 nitrogen and oxygen atoms in total. The average Bonchev–Trinajstić information content (AvgIpc) is 3.49. The van der Waals surface area contributed by atoms with E-state index in [2.05, 4.69) is 37.0 Å². The van der Waals surface area contributed by atoms with Crippen LogP contribution in [0, 0.1) is 5.95 Å². The maximum atomic E-state index is 14.3. The second-order valence-corrected chi connectivity index (χ2v) is 7.70. The summed E-state index contributed by atoms with van der Waals surface area (Å²) >= 11 is 6.21. The van der Waals surface area contributed by atoms with Gasteiger partial charge in [0.15, 0.2) is 11.5 Å². The van der Waals surface area contributed by atoms with Gasteiger partial charge in [0, 0.05) is 6.07 Å². The van der Waals surface area contributed by atoms with Crippen LogP contribution < -0.4 is 10.2 Å². The van der Waals surface area contributed by atoms with Crippen molar-refractivity contribution in [3.05, 3.63) is 66.5 Å². The van der Waals surface area contributed by atoms with Gasteiger partial charge in [0.25, 0.3) is 0 Å². The van der Waals surface area contributed by atoms with E-state index in [9.17, 15) is 22.4 Å². The number of halogens is 5. The summed E-state index contributed by atoms with van der Waals surface area (Å²) in [4.78, 5) is 25.7. The standard InChI is InChI=1S/C19H12ClF4N9O/c1-2-18(19(22,23)24)7-31(12-6-26-14-4-13(21)30-33(14)15(12)18)17(34)29-10-3-11(20)16(27-5-10)32-9-25-8-28-32/h2-6,8-9H,1,7H2,(H,29,34)/t18-/m1/s1. The van der Waals surface area contributed by atoms with E-state index in [1.54, 1.807) is 0 Å². The number of hydrogen-bond acceptors (Lipinski definition) is 6. The monoisotopic (exact) mass is 493 g/mol. The molecule has 1 atom stereocenters. The van der Waals surface area contributed by atoms with E-state index in [1.165, 1.54) is 29.6 Å². The maximum absolute atomic E-state index is 14.3. The van der Waals surface area contributed by atoms with Crippen LogP contribution in [0.2, 0.25) is 5.02 Å². The summed E-state index contributed by atoms with van der Waals surface area (Å²) in [7, 11) is 0. The first kappa shape index (κ1) is 21.8. The Labute approximate surface area is 192 Å². The average molecular weight is 494 g/mol. The fraction of sp³-hybridized carbons (Fsp3) is 0.158. The smallest absolute Gasteiger partial charge is 0.306 e. The maximum Gasteiger partial charge on any atom is 0.405 e. The summed E-state index contributed by atoms with van der Waals surface area (Å²) in [5.41, 5.74) is -3.43. The zero-order valence-electron chi connectivity index (χ0n) is 16.8. The molecule has 0 fully saturated rings. The first-order chi connectivity index (χ1) is 16.1. The number of pyridine rings is 1. The highest BCUT2D eigenvalue weighted by Gasteiger charge is 2.62. The van der Waals surface area contributed by atoms with Gasteiger partial charge in [-0.15, -0.1) is 11.7 Å². The highest BCUT2D eigenvalue weighted by Crippen LogP contribution is 2.51. The zero-order valence-corrected chi connectivity index (χ0v) is 17.6. The third-order valence-corrected chi connectivity index (χ3v) is 5.64. The second-order valence-electron chi connectivity index (χ2n) is 7.29. The van der Waals surface area contributed by atoms with Crippen LogP contribution in [0.25, 0.3) is 11.5 Å². The van der Waals surface area contributed by atoms with Crippen molar-refractivity contribution in [1.29, 1.82) is 0 Å². The van der Waals surface area contributed by atoms with Crippen molar-refractivity contribution in [2.45, 2.75) is 11.6 Å². The molecule has 1 aliphatic heterocycles. The number of anilines is 2. The van der Waals surface area contributed by atoms with Crippen LogP contribution in [-0.4, -0.2) is 53.1 Å². The lowest BCUT2D eigenvalue weighted by Gasteiger charge is -2.29. The highest BCUT2D eigenvalue weighted by atomic mass is 35.5. The Morgan fingerprint density at radius 3 is 2.71 bits per heavy atom. The molecule has 5 heterocycles. The summed E-state index contributed by atoms with van der Waals surface area (Å²) in [5.74, 6) is -0.782. The lowest BCUT2D eigenvalue weighted by Crippen LogP contribution is -2.47. The van der Waals surface area contributed by atoms with Crippen LogP contribution in [0.5, 0.6) is 0 Å². The number of hydrogen-bond donors (Lipinski definition) is 1. The first-order valence-electron chi connectivity index (χ1n) is 9.49. The largest absolute Gasteiger partial charge is 0.405 e. The molecule has 1 N–H and O–H groups in total. The predicted octanol–water partition coefficient (Wildman–Crippen LogP) is 3.54. The fourth-order valence-electron chi connectivity index (χ4n) is 3.78. The van der Waals surface area contributed by atoms with Crippen LogP contribution in [0.4, 0.5) is 33.7 Å². The molecule has 1 aliphatic rings. The van der Waals surface area contributed by atoms with Gasteiger partial charge in [-0.05, 0) is 6.07 Å². The molecule has 15 heteroatoms. The lowest BCUT2D eigenvalue weighted by atomic mass is 9.85. The Morgan fingerprint density at radius 1 is 1.26 bits per heavy atom. The quantitative estimate of drug-likeness (QED) is 0.346. The molecule has 0 spiro atoms. The van der Waals surface area contributed by atoms with Gasteiger partial charge in [-0.2, -0.15) is 22.7 Å². The van der Waals surface area contributed by atoms with E-state index in [-0.39, 0.29) is 27.9 Å². The SMILES string of the molecule is C=C[C@@]1(C(F)(F)F)CN(C(=O)Nc2cnc(-n3cncn3)c(Cl)c2)c2cnc3cc(F)nn3c21. The topological polar surface area (TPSA) is 106 Å². The van der Waals surface area contributed by atoms with Gasteiger partial charge in [-0.25, -0.2) is 28.9 Å². The molecule has 0 aromatic carbocycles. The van der Waals surface area contributed by atoms with Crippen LogP contribution in [-0.2, 0) is 5.41 Å². The molecule has 4 aromatic rings. The third-order valence-electron chi connectivity index (χ3n) is 5.36. The summed E-state index contributed by atoms with van der Waals surface area (Å²) in [6, 6.07) is 1.32. The van der Waals surface area contributed by atoms with E-state index in [0.29, 0.717) is 6.08 Å². The van der Waals surface area contributed by atoms with Crippen molar-refractivity contribution in [3.8, 4) is 5.82 Å². The number of aromatic nitrogens is 7. The van der Waals surface area contributed by atoms with Crippen molar-refractivity contribution in [2.24, 2.45) is 0 Å². The van der Waals surface area contributed by atoms with E-state index in [1.807, 2.05) is 0 Å². The minimum absolute atomic E-state index is 0.108. The summed E-state index contributed by atoms with van der Waals surface area (Å²) in [6.45, 7) is 2.48. The van der Waals surface area contributed by atoms with E-state index >= 15 is 0 Å². The van der Waals surface area contributed by atoms with Gasteiger partial charge in [0.05, 0.1) is 41.0 Å². The van der Waals surface area contributed by atoms with Gasteiger partial charge < -0.3 is 5.32 Å². The van der Waals surface area contributed by atoms with Crippen LogP contribution in [0.3, 0.4) is 0 Å². The third kappa shape index (κ3) is 3.17. The van der Waals surface area contributed by atoms with Crippen molar-refractivity contribution in [1.82, 2.24) is 34.3 Å². The molecule has 2 amide bonds. The number of carbonyl (C=O) groups is 1. The van der Waals surface area contributed by atoms with Crippen LogP contribution in [0.15, 0.2) is 49.8 Å². The molecule has 0 bridgehead atoms. The Kier molecular flexibility index (Phi) is 4.79. The predicted molar refractivity (Wildman–Crippen MR) is 111 cm³/mol. The van der Waals surface area contributed by atoms with Crippen molar-refractivity contribution < 1.29 is 22.4 Å². The van der Waals surface area contributed by atoms with Gasteiger partial charge in [0.1, 0.15) is 18.1 Å². The molecule has 4 aromatic heterocycles. The minimum atomic E-state index is -4.88. The number of rotatable bonds is 3. The zero-order chi connectivity index (χ0) is 24.3.